The van der Waals surface area contributed by atoms with Crippen LogP contribution in [0.25, 0.3) is 0 Å². The highest BCUT2D eigenvalue weighted by molar-refractivity contribution is 5.41. The van der Waals surface area contributed by atoms with Crippen molar-refractivity contribution in [3.8, 4) is 0 Å². The molecular formula is C10H17N5O. The topological polar surface area (TPSA) is 79.7 Å². The van der Waals surface area contributed by atoms with Gasteiger partial charge in [0.05, 0.1) is 0 Å². The first-order chi connectivity index (χ1) is 7.72. The van der Waals surface area contributed by atoms with Crippen LogP contribution >= 0.6 is 0 Å². The lowest BCUT2D eigenvalue weighted by Crippen LogP contribution is -2.33. The summed E-state index contributed by atoms with van der Waals surface area (Å²) in [6.45, 7) is 1.98. The predicted molar refractivity (Wildman–Crippen MR) is 61.4 cm³/mol. The molecule has 1 aromatic rings. The summed E-state index contributed by atoms with van der Waals surface area (Å²) in [4.78, 5) is 10.3. The number of nitrogens with two attached hydrogens (primary N) is 1. The van der Waals surface area contributed by atoms with Gasteiger partial charge in [-0.2, -0.15) is 4.98 Å². The Morgan fingerprint density at radius 3 is 2.69 bits per heavy atom. The van der Waals surface area contributed by atoms with Crippen LogP contribution in [0, 0.1) is 0 Å². The van der Waals surface area contributed by atoms with Crippen LogP contribution in [0.1, 0.15) is 19.3 Å². The molecule has 6 heteroatoms. The van der Waals surface area contributed by atoms with E-state index in [9.17, 15) is 5.21 Å². The normalized spacial score (nSPS) is 17.8. The first kappa shape index (κ1) is 10.8. The van der Waals surface area contributed by atoms with Crippen LogP contribution in [0.2, 0.25) is 0 Å². The van der Waals surface area contributed by atoms with E-state index in [1.165, 1.54) is 19.3 Å². The molecule has 1 aliphatic heterocycles. The molecule has 1 aliphatic rings. The maximum absolute atomic E-state index is 9.54. The van der Waals surface area contributed by atoms with Crippen molar-refractivity contribution in [3.05, 3.63) is 11.6 Å². The first-order valence-electron chi connectivity index (χ1n) is 5.49. The van der Waals surface area contributed by atoms with E-state index in [4.69, 9.17) is 5.73 Å². The molecule has 0 amide bonds. The average molecular weight is 223 g/mol. The van der Waals surface area contributed by atoms with E-state index in [0.717, 1.165) is 23.6 Å². The number of hydrogen-bond acceptors (Lipinski definition) is 5. The van der Waals surface area contributed by atoms with E-state index in [2.05, 4.69) is 14.9 Å². The highest BCUT2D eigenvalue weighted by Gasteiger charge is 2.13. The lowest BCUT2D eigenvalue weighted by Gasteiger charge is -2.27. The van der Waals surface area contributed by atoms with E-state index >= 15 is 0 Å². The third-order valence-corrected chi connectivity index (χ3v) is 2.83. The number of aromatic nitrogens is 2. The largest absolute Gasteiger partial charge is 0.423 e. The first-order valence-corrected chi connectivity index (χ1v) is 5.49. The number of piperidine rings is 1. The molecule has 1 fully saturated rings. The van der Waals surface area contributed by atoms with Gasteiger partial charge >= 0.3 is 0 Å². The van der Waals surface area contributed by atoms with Crippen molar-refractivity contribution in [2.24, 2.45) is 4.99 Å². The Hall–Kier alpha value is -1.72. The SMILES string of the molecule is CN=c1cc(N2CCCCC2)nc(N)n1O. The van der Waals surface area contributed by atoms with Crippen molar-refractivity contribution in [2.45, 2.75) is 19.3 Å². The number of nitrogens with zero attached hydrogens (tertiary/aromatic N) is 4. The third kappa shape index (κ3) is 1.95. The molecule has 0 atom stereocenters. The molecule has 88 valence electrons. The Balaban J connectivity index is 2.38. The van der Waals surface area contributed by atoms with Gasteiger partial charge in [-0.1, -0.05) is 0 Å². The molecule has 6 nitrogen and oxygen atoms in total. The molecule has 0 bridgehead atoms. The van der Waals surface area contributed by atoms with Crippen molar-refractivity contribution < 1.29 is 5.21 Å². The number of hydrogen-bond donors (Lipinski definition) is 2. The lowest BCUT2D eigenvalue weighted by molar-refractivity contribution is 0.175. The quantitative estimate of drug-likeness (QED) is 0.668. The lowest BCUT2D eigenvalue weighted by atomic mass is 10.1. The summed E-state index contributed by atoms with van der Waals surface area (Å²) < 4.78 is 0.799. The highest BCUT2D eigenvalue weighted by Crippen LogP contribution is 2.16. The zero-order valence-corrected chi connectivity index (χ0v) is 9.43. The molecule has 0 aliphatic carbocycles. The monoisotopic (exact) mass is 223 g/mol. The summed E-state index contributed by atoms with van der Waals surface area (Å²) in [7, 11) is 1.61. The van der Waals surface area contributed by atoms with Gasteiger partial charge in [-0.3, -0.25) is 4.99 Å². The van der Waals surface area contributed by atoms with Crippen LogP contribution in [-0.4, -0.2) is 35.1 Å². The summed E-state index contributed by atoms with van der Waals surface area (Å²) in [5.41, 5.74) is 6.04. The van der Waals surface area contributed by atoms with Crippen LogP contribution in [0.4, 0.5) is 11.8 Å². The second-order valence-corrected chi connectivity index (χ2v) is 3.91. The summed E-state index contributed by atoms with van der Waals surface area (Å²) in [6.07, 6.45) is 3.62. The van der Waals surface area contributed by atoms with E-state index in [-0.39, 0.29) is 5.95 Å². The minimum absolute atomic E-state index is 0.0728. The standard InChI is InChI=1S/C10H17N5O/c1-12-8-7-9(13-10(11)15(8)16)14-5-3-2-4-6-14/h7,16H,2-6H2,1H3,(H2,11,13). The van der Waals surface area contributed by atoms with Crippen LogP contribution in [0.3, 0.4) is 0 Å². The second kappa shape index (κ2) is 4.42. The number of nitrogen functional groups attached to an aromatic ring is 1. The summed E-state index contributed by atoms with van der Waals surface area (Å²) >= 11 is 0. The van der Waals surface area contributed by atoms with Gasteiger partial charge in [-0.25, -0.2) is 0 Å². The zero-order valence-electron chi connectivity index (χ0n) is 9.43. The van der Waals surface area contributed by atoms with Crippen LogP contribution in [0.5, 0.6) is 0 Å². The molecule has 0 saturated carbocycles. The molecule has 0 aromatic carbocycles. The fourth-order valence-corrected chi connectivity index (χ4v) is 1.94. The molecule has 2 rings (SSSR count). The van der Waals surface area contributed by atoms with Gasteiger partial charge in [0.2, 0.25) is 5.95 Å². The molecular weight excluding hydrogens is 206 g/mol. The molecule has 1 saturated heterocycles. The van der Waals surface area contributed by atoms with E-state index in [1.54, 1.807) is 13.1 Å². The highest BCUT2D eigenvalue weighted by atomic mass is 16.5. The van der Waals surface area contributed by atoms with Crippen molar-refractivity contribution in [3.63, 3.8) is 0 Å². The molecule has 0 radical (unpaired) electrons. The van der Waals surface area contributed by atoms with Gasteiger partial charge in [0.25, 0.3) is 0 Å². The molecule has 3 N–H and O–H groups in total. The van der Waals surface area contributed by atoms with Crippen molar-refractivity contribution >= 4 is 11.8 Å². The third-order valence-electron chi connectivity index (χ3n) is 2.83. The minimum Gasteiger partial charge on any atom is -0.423 e. The van der Waals surface area contributed by atoms with E-state index in [0.29, 0.717) is 5.49 Å². The number of rotatable bonds is 1. The predicted octanol–water partition coefficient (Wildman–Crippen LogP) is 0.223. The van der Waals surface area contributed by atoms with E-state index < -0.39 is 0 Å². The van der Waals surface area contributed by atoms with Gasteiger partial charge in [0.1, 0.15) is 5.82 Å². The van der Waals surface area contributed by atoms with Crippen LogP contribution in [0.15, 0.2) is 11.1 Å². The average Bonchev–Trinajstić information content (AvgIpc) is 2.33. The minimum atomic E-state index is 0.0728. The van der Waals surface area contributed by atoms with Crippen LogP contribution in [-0.2, 0) is 0 Å². The van der Waals surface area contributed by atoms with Gasteiger partial charge in [0, 0.05) is 26.2 Å². The Morgan fingerprint density at radius 1 is 1.38 bits per heavy atom. The summed E-state index contributed by atoms with van der Waals surface area (Å²) in [6, 6.07) is 1.75. The van der Waals surface area contributed by atoms with Crippen LogP contribution < -0.4 is 16.1 Å². The summed E-state index contributed by atoms with van der Waals surface area (Å²) in [5, 5.41) is 9.54. The molecule has 0 unspecified atom stereocenters. The van der Waals surface area contributed by atoms with Crippen molar-refractivity contribution in [1.82, 2.24) is 9.71 Å². The number of anilines is 2. The van der Waals surface area contributed by atoms with Gasteiger partial charge < -0.3 is 15.8 Å². The molecule has 0 spiro atoms. The van der Waals surface area contributed by atoms with Gasteiger partial charge in [-0.05, 0) is 19.3 Å². The Kier molecular flexibility index (Phi) is 2.98. The van der Waals surface area contributed by atoms with Crippen molar-refractivity contribution in [2.75, 3.05) is 30.8 Å². The van der Waals surface area contributed by atoms with E-state index in [1.807, 2.05) is 0 Å². The Bertz CT molecular complexity index is 433. The van der Waals surface area contributed by atoms with Crippen molar-refractivity contribution in [1.29, 1.82) is 0 Å². The maximum Gasteiger partial charge on any atom is 0.238 e. The molecule has 1 aromatic heterocycles. The molecule has 2 heterocycles. The second-order valence-electron chi connectivity index (χ2n) is 3.91. The fraction of sp³-hybridized carbons (Fsp3) is 0.600. The smallest absolute Gasteiger partial charge is 0.238 e. The maximum atomic E-state index is 9.54. The molecule has 16 heavy (non-hydrogen) atoms. The zero-order chi connectivity index (χ0) is 11.5. The Labute approximate surface area is 94.0 Å². The Morgan fingerprint density at radius 2 is 2.06 bits per heavy atom. The van der Waals surface area contributed by atoms with Gasteiger partial charge in [0.15, 0.2) is 5.49 Å². The summed E-state index contributed by atoms with van der Waals surface area (Å²) in [5.74, 6) is 0.867. The fourth-order valence-electron chi connectivity index (χ4n) is 1.94. The van der Waals surface area contributed by atoms with Gasteiger partial charge in [-0.15, -0.1) is 4.73 Å².